The molecule has 7 heteroatoms. The minimum atomic E-state index is -3.63. The average Bonchev–Trinajstić information content (AvgIpc) is 2.52. The van der Waals surface area contributed by atoms with Crippen molar-refractivity contribution < 1.29 is 17.9 Å². The molecule has 1 atom stereocenters. The maximum Gasteiger partial charge on any atom is 0.243 e. The molecule has 1 aromatic carbocycles. The Morgan fingerprint density at radius 2 is 1.58 bits per heavy atom. The van der Waals surface area contributed by atoms with E-state index in [1.807, 2.05) is 34.6 Å². The largest absolute Gasteiger partial charge is 0.494 e. The zero-order valence-electron chi connectivity index (χ0n) is 16.8. The maximum atomic E-state index is 12.8. The predicted octanol–water partition coefficient (Wildman–Crippen LogP) is 3.04. The summed E-state index contributed by atoms with van der Waals surface area (Å²) < 4.78 is 31.3. The molecule has 1 aromatic rings. The van der Waals surface area contributed by atoms with Crippen LogP contribution < -0.4 is 14.4 Å². The Hall–Kier alpha value is -1.76. The van der Waals surface area contributed by atoms with Crippen LogP contribution in [-0.2, 0) is 14.8 Å². The summed E-state index contributed by atoms with van der Waals surface area (Å²) in [5.41, 5.74) is 0.434. The summed E-state index contributed by atoms with van der Waals surface area (Å²) in [7, 11) is -3.63. The van der Waals surface area contributed by atoms with Crippen molar-refractivity contribution in [2.24, 2.45) is 11.8 Å². The van der Waals surface area contributed by atoms with Gasteiger partial charge in [-0.3, -0.25) is 9.10 Å². The molecule has 26 heavy (non-hydrogen) atoms. The monoisotopic (exact) mass is 384 g/mol. The van der Waals surface area contributed by atoms with Crippen LogP contribution in [-0.4, -0.2) is 39.3 Å². The first kappa shape index (κ1) is 22.3. The lowest BCUT2D eigenvalue weighted by Gasteiger charge is -2.32. The van der Waals surface area contributed by atoms with E-state index in [0.29, 0.717) is 18.0 Å². The third-order valence-electron chi connectivity index (χ3n) is 4.24. The smallest absolute Gasteiger partial charge is 0.243 e. The molecular weight excluding hydrogens is 352 g/mol. The number of rotatable bonds is 9. The quantitative estimate of drug-likeness (QED) is 0.710. The van der Waals surface area contributed by atoms with Gasteiger partial charge in [0, 0.05) is 6.04 Å². The van der Waals surface area contributed by atoms with Gasteiger partial charge >= 0.3 is 0 Å². The Kier molecular flexibility index (Phi) is 7.93. The van der Waals surface area contributed by atoms with E-state index in [1.54, 1.807) is 31.2 Å². The summed E-state index contributed by atoms with van der Waals surface area (Å²) in [6.45, 7) is 12.2. The first-order chi connectivity index (χ1) is 12.0. The van der Waals surface area contributed by atoms with Gasteiger partial charge in [-0.25, -0.2) is 8.42 Å². The predicted molar refractivity (Wildman–Crippen MR) is 106 cm³/mol. The number of hydrogen-bond acceptors (Lipinski definition) is 4. The van der Waals surface area contributed by atoms with Gasteiger partial charge in [-0.05, 0) is 49.9 Å². The number of hydrogen-bond donors (Lipinski definition) is 1. The Labute approximate surface area is 158 Å². The van der Waals surface area contributed by atoms with Gasteiger partial charge < -0.3 is 10.1 Å². The molecule has 1 N–H and O–H groups in total. The van der Waals surface area contributed by atoms with Crippen LogP contribution in [0.15, 0.2) is 24.3 Å². The van der Waals surface area contributed by atoms with Crippen LogP contribution in [0, 0.1) is 11.8 Å². The maximum absolute atomic E-state index is 12.8. The molecule has 148 valence electrons. The molecular formula is C19H32N2O4S. The molecule has 1 rings (SSSR count). The van der Waals surface area contributed by atoms with E-state index in [2.05, 4.69) is 5.32 Å². The number of benzene rings is 1. The lowest BCUT2D eigenvalue weighted by atomic mass is 9.93. The molecule has 0 bridgehead atoms. The molecule has 0 aliphatic rings. The molecule has 6 nitrogen and oxygen atoms in total. The van der Waals surface area contributed by atoms with Gasteiger partial charge in [-0.1, -0.05) is 27.7 Å². The van der Waals surface area contributed by atoms with Gasteiger partial charge in [0.1, 0.15) is 11.8 Å². The molecule has 0 aliphatic heterocycles. The summed E-state index contributed by atoms with van der Waals surface area (Å²) in [5, 5.41) is 3.00. The first-order valence-corrected chi connectivity index (χ1v) is 10.9. The highest BCUT2D eigenvalue weighted by molar-refractivity contribution is 7.92. The van der Waals surface area contributed by atoms with Gasteiger partial charge in [0.05, 0.1) is 18.6 Å². The summed E-state index contributed by atoms with van der Waals surface area (Å²) in [5.74, 6) is 0.852. The van der Waals surface area contributed by atoms with E-state index in [-0.39, 0.29) is 23.8 Å². The fourth-order valence-electron chi connectivity index (χ4n) is 3.05. The van der Waals surface area contributed by atoms with E-state index < -0.39 is 16.1 Å². The second-order valence-electron chi connectivity index (χ2n) is 7.18. The summed E-state index contributed by atoms with van der Waals surface area (Å²) in [6.07, 6.45) is 1.11. The number of nitrogens with zero attached hydrogens (tertiary/aromatic N) is 1. The highest BCUT2D eigenvalue weighted by Crippen LogP contribution is 2.24. The van der Waals surface area contributed by atoms with Gasteiger partial charge in [-0.2, -0.15) is 0 Å². The molecule has 0 saturated carbocycles. The van der Waals surface area contributed by atoms with Crippen molar-refractivity contribution in [3.05, 3.63) is 24.3 Å². The number of ether oxygens (including phenoxy) is 1. The van der Waals surface area contributed by atoms with Gasteiger partial charge in [0.2, 0.25) is 15.9 Å². The third kappa shape index (κ3) is 5.90. The fraction of sp³-hybridized carbons (Fsp3) is 0.632. The summed E-state index contributed by atoms with van der Waals surface area (Å²) >= 11 is 0. The molecule has 1 amide bonds. The van der Waals surface area contributed by atoms with Crippen LogP contribution in [0.3, 0.4) is 0 Å². The number of sulfonamides is 1. The highest BCUT2D eigenvalue weighted by Gasteiger charge is 2.31. The third-order valence-corrected chi connectivity index (χ3v) is 5.48. The van der Waals surface area contributed by atoms with Gasteiger partial charge in [0.25, 0.3) is 0 Å². The Balaban J connectivity index is 3.11. The van der Waals surface area contributed by atoms with E-state index in [9.17, 15) is 13.2 Å². The van der Waals surface area contributed by atoms with Crippen molar-refractivity contribution in [3.8, 4) is 5.75 Å². The lowest BCUT2D eigenvalue weighted by molar-refractivity contribution is -0.123. The van der Waals surface area contributed by atoms with Crippen molar-refractivity contribution in [1.82, 2.24) is 5.32 Å². The fourth-order valence-corrected chi connectivity index (χ4v) is 4.23. The number of nitrogens with one attached hydrogen (secondary N) is 1. The normalized spacial score (nSPS) is 13.2. The molecule has 0 aromatic heterocycles. The molecule has 0 unspecified atom stereocenters. The van der Waals surface area contributed by atoms with Crippen LogP contribution in [0.25, 0.3) is 0 Å². The molecule has 0 spiro atoms. The Morgan fingerprint density at radius 1 is 1.08 bits per heavy atom. The zero-order chi connectivity index (χ0) is 20.1. The molecule has 0 aliphatic carbocycles. The minimum Gasteiger partial charge on any atom is -0.494 e. The molecule has 0 saturated heterocycles. The van der Waals surface area contributed by atoms with Gasteiger partial charge in [0.15, 0.2) is 0 Å². The van der Waals surface area contributed by atoms with E-state index in [1.165, 1.54) is 0 Å². The van der Waals surface area contributed by atoms with Crippen LogP contribution in [0.1, 0.15) is 41.5 Å². The first-order valence-electron chi connectivity index (χ1n) is 9.01. The number of carbonyl (C=O) groups excluding carboxylic acids is 1. The average molecular weight is 385 g/mol. The molecule has 0 fully saturated rings. The Bertz CT molecular complexity index is 676. The van der Waals surface area contributed by atoms with Crippen LogP contribution in [0.2, 0.25) is 0 Å². The van der Waals surface area contributed by atoms with Crippen LogP contribution in [0.4, 0.5) is 5.69 Å². The van der Waals surface area contributed by atoms with E-state index >= 15 is 0 Å². The van der Waals surface area contributed by atoms with Crippen molar-refractivity contribution in [1.29, 1.82) is 0 Å². The molecule has 0 heterocycles. The topological polar surface area (TPSA) is 75.7 Å². The second kappa shape index (κ2) is 9.26. The van der Waals surface area contributed by atoms with Crippen LogP contribution in [0.5, 0.6) is 5.75 Å². The summed E-state index contributed by atoms with van der Waals surface area (Å²) in [6, 6.07) is 5.82. The van der Waals surface area contributed by atoms with Gasteiger partial charge in [-0.15, -0.1) is 0 Å². The number of anilines is 1. The van der Waals surface area contributed by atoms with E-state index in [4.69, 9.17) is 4.74 Å². The van der Waals surface area contributed by atoms with Crippen molar-refractivity contribution >= 4 is 21.6 Å². The standard InChI is InChI=1S/C19H32N2O4S/c1-8-25-17-11-9-16(10-12-17)21(26(7,23)24)15(6)19(22)20-18(13(2)3)14(4)5/h9-15,18H,8H2,1-7H3,(H,20,22)/t15-/m0/s1. The zero-order valence-corrected chi connectivity index (χ0v) is 17.6. The molecule has 0 radical (unpaired) electrons. The van der Waals surface area contributed by atoms with Crippen molar-refractivity contribution in [2.75, 3.05) is 17.2 Å². The Morgan fingerprint density at radius 3 is 1.96 bits per heavy atom. The number of amides is 1. The second-order valence-corrected chi connectivity index (χ2v) is 9.04. The van der Waals surface area contributed by atoms with Crippen LogP contribution >= 0.6 is 0 Å². The van der Waals surface area contributed by atoms with Crippen molar-refractivity contribution in [3.63, 3.8) is 0 Å². The van der Waals surface area contributed by atoms with E-state index in [0.717, 1.165) is 10.6 Å². The minimum absolute atomic E-state index is 0.0216. The summed E-state index contributed by atoms with van der Waals surface area (Å²) in [4.78, 5) is 12.8. The lowest BCUT2D eigenvalue weighted by Crippen LogP contribution is -2.52. The van der Waals surface area contributed by atoms with Crippen molar-refractivity contribution in [2.45, 2.75) is 53.6 Å². The number of carbonyl (C=O) groups is 1. The highest BCUT2D eigenvalue weighted by atomic mass is 32.2. The SMILES string of the molecule is CCOc1ccc(N([C@@H](C)C(=O)NC(C(C)C)C(C)C)S(C)(=O)=O)cc1.